The molecule has 0 radical (unpaired) electrons. The van der Waals surface area contributed by atoms with Gasteiger partial charge in [-0.25, -0.2) is 0 Å². The van der Waals surface area contributed by atoms with E-state index in [9.17, 15) is 0 Å². The van der Waals surface area contributed by atoms with Crippen LogP contribution in [0.5, 0.6) is 11.5 Å². The number of benzene rings is 2. The van der Waals surface area contributed by atoms with Crippen molar-refractivity contribution >= 4 is 5.69 Å². The summed E-state index contributed by atoms with van der Waals surface area (Å²) >= 11 is 0. The highest BCUT2D eigenvalue weighted by Crippen LogP contribution is 2.23. The first-order valence-electron chi connectivity index (χ1n) is 7.70. The maximum Gasteiger partial charge on any atom is 0.127 e. The van der Waals surface area contributed by atoms with Gasteiger partial charge in [-0.05, 0) is 68.8 Å². The Labute approximate surface area is 126 Å². The summed E-state index contributed by atoms with van der Waals surface area (Å²) < 4.78 is 5.81. The molecule has 0 bridgehead atoms. The molecule has 1 fully saturated rings. The highest BCUT2D eigenvalue weighted by Gasteiger charge is 2.11. The molecule has 2 aromatic carbocycles. The van der Waals surface area contributed by atoms with Crippen molar-refractivity contribution in [1.29, 1.82) is 0 Å². The van der Waals surface area contributed by atoms with E-state index in [-0.39, 0.29) is 0 Å². The van der Waals surface area contributed by atoms with E-state index in [0.717, 1.165) is 24.6 Å². The van der Waals surface area contributed by atoms with Gasteiger partial charge < -0.3 is 15.4 Å². The Morgan fingerprint density at radius 2 is 1.62 bits per heavy atom. The summed E-state index contributed by atoms with van der Waals surface area (Å²) in [5.74, 6) is 1.74. The van der Waals surface area contributed by atoms with Crippen LogP contribution in [0.15, 0.2) is 54.6 Å². The van der Waals surface area contributed by atoms with Gasteiger partial charge in [-0.3, -0.25) is 0 Å². The molecule has 3 rings (SSSR count). The first-order valence-corrected chi connectivity index (χ1v) is 7.70. The Morgan fingerprint density at radius 1 is 0.857 bits per heavy atom. The molecule has 1 aliphatic rings. The molecule has 1 atom stereocenters. The molecule has 21 heavy (non-hydrogen) atoms. The number of rotatable bonds is 4. The average molecular weight is 282 g/mol. The van der Waals surface area contributed by atoms with E-state index in [1.54, 1.807) is 0 Å². The quantitative estimate of drug-likeness (QED) is 0.888. The van der Waals surface area contributed by atoms with Gasteiger partial charge in [0.25, 0.3) is 0 Å². The smallest absolute Gasteiger partial charge is 0.127 e. The highest BCUT2D eigenvalue weighted by molar-refractivity contribution is 5.47. The lowest BCUT2D eigenvalue weighted by molar-refractivity contribution is 0.482. The minimum atomic E-state index is 0.570. The molecule has 110 valence electrons. The van der Waals surface area contributed by atoms with Crippen LogP contribution in [0.3, 0.4) is 0 Å². The zero-order valence-electron chi connectivity index (χ0n) is 12.2. The van der Waals surface area contributed by atoms with Crippen molar-refractivity contribution < 1.29 is 4.74 Å². The zero-order chi connectivity index (χ0) is 14.3. The van der Waals surface area contributed by atoms with Crippen LogP contribution in [0, 0.1) is 0 Å². The van der Waals surface area contributed by atoms with E-state index in [1.807, 2.05) is 42.5 Å². The second-order valence-corrected chi connectivity index (χ2v) is 5.46. The fourth-order valence-corrected chi connectivity index (χ4v) is 2.64. The average Bonchev–Trinajstić information content (AvgIpc) is 2.79. The van der Waals surface area contributed by atoms with Crippen LogP contribution < -0.4 is 15.4 Å². The molecule has 2 aromatic rings. The van der Waals surface area contributed by atoms with E-state index in [0.29, 0.717) is 6.04 Å². The molecule has 3 nitrogen and oxygen atoms in total. The van der Waals surface area contributed by atoms with Gasteiger partial charge in [-0.15, -0.1) is 0 Å². The maximum absolute atomic E-state index is 5.81. The molecule has 1 saturated heterocycles. The summed E-state index contributed by atoms with van der Waals surface area (Å²) in [5, 5.41) is 7.06. The van der Waals surface area contributed by atoms with E-state index >= 15 is 0 Å². The summed E-state index contributed by atoms with van der Waals surface area (Å²) in [4.78, 5) is 0. The molecule has 0 amide bonds. The Balaban J connectivity index is 1.58. The third-order valence-corrected chi connectivity index (χ3v) is 3.78. The largest absolute Gasteiger partial charge is 0.457 e. The third kappa shape index (κ3) is 4.23. The van der Waals surface area contributed by atoms with Crippen molar-refractivity contribution in [2.75, 3.05) is 18.4 Å². The van der Waals surface area contributed by atoms with Gasteiger partial charge in [-0.1, -0.05) is 18.2 Å². The van der Waals surface area contributed by atoms with Gasteiger partial charge in [0.1, 0.15) is 11.5 Å². The lowest BCUT2D eigenvalue weighted by Crippen LogP contribution is -2.21. The minimum absolute atomic E-state index is 0.570. The predicted octanol–water partition coefficient (Wildman–Crippen LogP) is 4.03. The molecule has 2 N–H and O–H groups in total. The topological polar surface area (TPSA) is 33.3 Å². The van der Waals surface area contributed by atoms with Crippen LogP contribution in [0.2, 0.25) is 0 Å². The van der Waals surface area contributed by atoms with Gasteiger partial charge in [-0.2, -0.15) is 0 Å². The van der Waals surface area contributed by atoms with Crippen LogP contribution in [0.4, 0.5) is 5.69 Å². The summed E-state index contributed by atoms with van der Waals surface area (Å²) in [5.41, 5.74) is 1.17. The first-order chi connectivity index (χ1) is 10.4. The Hall–Kier alpha value is -2.00. The second kappa shape index (κ2) is 7.14. The Morgan fingerprint density at radius 3 is 2.43 bits per heavy atom. The van der Waals surface area contributed by atoms with Crippen molar-refractivity contribution in [1.82, 2.24) is 5.32 Å². The number of ether oxygens (including phenoxy) is 1. The van der Waals surface area contributed by atoms with Gasteiger partial charge in [0, 0.05) is 11.7 Å². The van der Waals surface area contributed by atoms with Crippen LogP contribution in [0.25, 0.3) is 0 Å². The van der Waals surface area contributed by atoms with Crippen molar-refractivity contribution in [3.05, 3.63) is 54.6 Å². The lowest BCUT2D eigenvalue weighted by atomic mass is 10.1. The van der Waals surface area contributed by atoms with Crippen LogP contribution in [-0.4, -0.2) is 19.1 Å². The lowest BCUT2D eigenvalue weighted by Gasteiger charge is -2.17. The molecule has 0 saturated carbocycles. The van der Waals surface area contributed by atoms with E-state index in [4.69, 9.17) is 4.74 Å². The first kappa shape index (κ1) is 14.0. The van der Waals surface area contributed by atoms with Gasteiger partial charge in [0.05, 0.1) is 0 Å². The van der Waals surface area contributed by atoms with E-state index < -0.39 is 0 Å². The molecular formula is C18H22N2O. The molecule has 3 heteroatoms. The summed E-state index contributed by atoms with van der Waals surface area (Å²) in [6.07, 6.45) is 3.66. The molecule has 1 unspecified atom stereocenters. The summed E-state index contributed by atoms with van der Waals surface area (Å²) in [6, 6.07) is 18.7. The van der Waals surface area contributed by atoms with Gasteiger partial charge in [0.2, 0.25) is 0 Å². The van der Waals surface area contributed by atoms with Crippen molar-refractivity contribution in [3.8, 4) is 11.5 Å². The second-order valence-electron chi connectivity index (χ2n) is 5.46. The summed E-state index contributed by atoms with van der Waals surface area (Å²) in [6.45, 7) is 2.24. The minimum Gasteiger partial charge on any atom is -0.457 e. The molecule has 0 spiro atoms. The van der Waals surface area contributed by atoms with Crippen LogP contribution >= 0.6 is 0 Å². The number of hydrogen-bond acceptors (Lipinski definition) is 3. The SMILES string of the molecule is c1ccc(Oc2ccc(NC3CCCNCC3)cc2)cc1. The molecular weight excluding hydrogens is 260 g/mol. The normalized spacial score (nSPS) is 18.8. The Kier molecular flexibility index (Phi) is 4.74. The molecule has 1 aliphatic heterocycles. The van der Waals surface area contributed by atoms with E-state index in [2.05, 4.69) is 22.8 Å². The van der Waals surface area contributed by atoms with Crippen molar-refractivity contribution in [2.45, 2.75) is 25.3 Å². The highest BCUT2D eigenvalue weighted by atomic mass is 16.5. The van der Waals surface area contributed by atoms with Crippen LogP contribution in [-0.2, 0) is 0 Å². The van der Waals surface area contributed by atoms with Gasteiger partial charge >= 0.3 is 0 Å². The zero-order valence-corrected chi connectivity index (χ0v) is 12.2. The van der Waals surface area contributed by atoms with Crippen LogP contribution in [0.1, 0.15) is 19.3 Å². The van der Waals surface area contributed by atoms with Crippen molar-refractivity contribution in [3.63, 3.8) is 0 Å². The Bertz CT molecular complexity index is 531. The molecule has 1 heterocycles. The molecule has 0 aliphatic carbocycles. The molecule has 0 aromatic heterocycles. The summed E-state index contributed by atoms with van der Waals surface area (Å²) in [7, 11) is 0. The number of hydrogen-bond donors (Lipinski definition) is 2. The maximum atomic E-state index is 5.81. The van der Waals surface area contributed by atoms with Gasteiger partial charge in [0.15, 0.2) is 0 Å². The van der Waals surface area contributed by atoms with E-state index in [1.165, 1.54) is 24.9 Å². The third-order valence-electron chi connectivity index (χ3n) is 3.78. The van der Waals surface area contributed by atoms with Crippen molar-refractivity contribution in [2.24, 2.45) is 0 Å². The number of anilines is 1. The predicted molar refractivity (Wildman–Crippen MR) is 87.1 cm³/mol. The fraction of sp³-hybridized carbons (Fsp3) is 0.333. The number of nitrogens with one attached hydrogen (secondary N) is 2. The standard InChI is InChI=1S/C18H22N2O/c1-2-6-17(7-3-1)21-18-10-8-16(9-11-18)20-15-5-4-13-19-14-12-15/h1-3,6-11,15,19-20H,4-5,12-14H2. The monoisotopic (exact) mass is 282 g/mol. The fourth-order valence-electron chi connectivity index (χ4n) is 2.64. The number of para-hydroxylation sites is 1.